The van der Waals surface area contributed by atoms with E-state index in [0.29, 0.717) is 33.0 Å². The van der Waals surface area contributed by atoms with Crippen molar-refractivity contribution >= 4 is 70.1 Å². The molecule has 1 aliphatic rings. The predicted molar refractivity (Wildman–Crippen MR) is 192 cm³/mol. The van der Waals surface area contributed by atoms with E-state index in [9.17, 15) is 24.0 Å². The number of nitrogens with one attached hydrogen (secondary N) is 3. The van der Waals surface area contributed by atoms with Gasteiger partial charge in [-0.2, -0.15) is 0 Å². The highest BCUT2D eigenvalue weighted by Gasteiger charge is 2.32. The molecule has 0 fully saturated rings. The predicted octanol–water partition coefficient (Wildman–Crippen LogP) is 7.64. The van der Waals surface area contributed by atoms with E-state index in [4.69, 9.17) is 11.6 Å². The molecular formula is C39H28ClN3O5S. The zero-order chi connectivity index (χ0) is 34.5. The molecule has 8 nitrogen and oxygen atoms in total. The van der Waals surface area contributed by atoms with Gasteiger partial charge < -0.3 is 16.0 Å². The molecule has 5 aromatic carbocycles. The Hall–Kier alpha value is -5.77. The van der Waals surface area contributed by atoms with Crippen LogP contribution in [0.5, 0.6) is 0 Å². The maximum atomic E-state index is 13.4. The van der Waals surface area contributed by atoms with Gasteiger partial charge in [-0.25, -0.2) is 0 Å². The molecule has 3 amide bonds. The molecule has 0 saturated heterocycles. The maximum absolute atomic E-state index is 13.4. The lowest BCUT2D eigenvalue weighted by atomic mass is 9.83. The van der Waals surface area contributed by atoms with Gasteiger partial charge in [0.15, 0.2) is 11.6 Å². The highest BCUT2D eigenvalue weighted by Crippen LogP contribution is 2.33. The molecule has 0 aliphatic heterocycles. The fourth-order valence-corrected chi connectivity index (χ4v) is 6.30. The van der Waals surface area contributed by atoms with Gasteiger partial charge in [-0.15, -0.1) is 11.8 Å². The number of hydrogen-bond acceptors (Lipinski definition) is 6. The lowest BCUT2D eigenvalue weighted by molar-refractivity contribution is -0.115. The molecule has 0 bridgehead atoms. The Morgan fingerprint density at radius 3 is 2.04 bits per heavy atom. The second kappa shape index (κ2) is 14.6. The van der Waals surface area contributed by atoms with Crippen molar-refractivity contribution in [2.45, 2.75) is 17.1 Å². The lowest BCUT2D eigenvalue weighted by Gasteiger charge is -2.21. The van der Waals surface area contributed by atoms with E-state index in [1.807, 2.05) is 0 Å². The van der Waals surface area contributed by atoms with Crippen LogP contribution in [0.1, 0.15) is 54.7 Å². The van der Waals surface area contributed by atoms with Gasteiger partial charge in [0.05, 0.1) is 16.5 Å². The summed E-state index contributed by atoms with van der Waals surface area (Å²) >= 11 is 7.61. The molecule has 0 radical (unpaired) electrons. The van der Waals surface area contributed by atoms with Gasteiger partial charge in [-0.3, -0.25) is 24.0 Å². The third-order valence-electron chi connectivity index (χ3n) is 7.74. The number of benzene rings is 5. The number of carbonyl (C=O) groups is 5. The van der Waals surface area contributed by atoms with Gasteiger partial charge in [0, 0.05) is 37.9 Å². The van der Waals surface area contributed by atoms with Crippen molar-refractivity contribution in [3.8, 4) is 0 Å². The van der Waals surface area contributed by atoms with Gasteiger partial charge in [-0.05, 0) is 67.1 Å². The van der Waals surface area contributed by atoms with Crippen LogP contribution in [0.25, 0.3) is 6.08 Å². The molecule has 3 N–H and O–H groups in total. The van der Waals surface area contributed by atoms with Crippen LogP contribution in [0.15, 0.2) is 132 Å². The van der Waals surface area contributed by atoms with E-state index in [2.05, 4.69) is 16.0 Å². The van der Waals surface area contributed by atoms with Gasteiger partial charge >= 0.3 is 0 Å². The van der Waals surface area contributed by atoms with Crippen molar-refractivity contribution in [3.05, 3.63) is 165 Å². The SMILES string of the molecule is CC(Sc1ccc(NC(=O)/C(=C/c2ccccc2Cl)NC(=O)c2ccccc2)cc1)C(=O)Nc1cccc2c1C(=O)c1ccccc1C2=O. The van der Waals surface area contributed by atoms with E-state index in [0.717, 1.165) is 4.90 Å². The molecule has 0 aromatic heterocycles. The Balaban J connectivity index is 1.13. The number of fused-ring (bicyclic) bond motifs is 2. The first-order valence-electron chi connectivity index (χ1n) is 15.2. The third kappa shape index (κ3) is 7.38. The Morgan fingerprint density at radius 2 is 1.33 bits per heavy atom. The van der Waals surface area contributed by atoms with E-state index in [1.165, 1.54) is 17.8 Å². The molecule has 1 unspecified atom stereocenters. The second-order valence-corrected chi connectivity index (χ2v) is 12.9. The summed E-state index contributed by atoms with van der Waals surface area (Å²) in [6.45, 7) is 1.73. The molecule has 0 spiro atoms. The minimum absolute atomic E-state index is 0.00234. The summed E-state index contributed by atoms with van der Waals surface area (Å²) in [6, 6.07) is 33.9. The van der Waals surface area contributed by atoms with E-state index < -0.39 is 17.1 Å². The molecular weight excluding hydrogens is 658 g/mol. The summed E-state index contributed by atoms with van der Waals surface area (Å²) in [5.41, 5.74) is 2.76. The van der Waals surface area contributed by atoms with Crippen LogP contribution in [-0.4, -0.2) is 34.5 Å². The van der Waals surface area contributed by atoms with Crippen LogP contribution in [0.2, 0.25) is 5.02 Å². The summed E-state index contributed by atoms with van der Waals surface area (Å²) in [4.78, 5) is 66.7. The van der Waals surface area contributed by atoms with Crippen molar-refractivity contribution in [1.82, 2.24) is 5.32 Å². The maximum Gasteiger partial charge on any atom is 0.272 e. The van der Waals surface area contributed by atoms with Crippen molar-refractivity contribution in [2.75, 3.05) is 10.6 Å². The average Bonchev–Trinajstić information content (AvgIpc) is 3.12. The minimum atomic E-state index is -0.573. The first-order chi connectivity index (χ1) is 23.7. The Labute approximate surface area is 291 Å². The van der Waals surface area contributed by atoms with Gasteiger partial charge in [0.25, 0.3) is 11.8 Å². The molecule has 242 valence electrons. The van der Waals surface area contributed by atoms with Crippen LogP contribution < -0.4 is 16.0 Å². The molecule has 6 rings (SSSR count). The first-order valence-corrected chi connectivity index (χ1v) is 16.5. The summed E-state index contributed by atoms with van der Waals surface area (Å²) in [5, 5.41) is 8.17. The third-order valence-corrected chi connectivity index (χ3v) is 9.19. The van der Waals surface area contributed by atoms with Crippen molar-refractivity contribution < 1.29 is 24.0 Å². The summed E-state index contributed by atoms with van der Waals surface area (Å²) in [7, 11) is 0. The summed E-state index contributed by atoms with van der Waals surface area (Å²) in [6.07, 6.45) is 1.51. The molecule has 10 heteroatoms. The highest BCUT2D eigenvalue weighted by atomic mass is 35.5. The molecule has 0 saturated carbocycles. The monoisotopic (exact) mass is 685 g/mol. The minimum Gasteiger partial charge on any atom is -0.324 e. The molecule has 1 atom stereocenters. The quantitative estimate of drug-likeness (QED) is 0.106. The zero-order valence-corrected chi connectivity index (χ0v) is 27.6. The average molecular weight is 686 g/mol. The number of rotatable bonds is 9. The van der Waals surface area contributed by atoms with E-state index >= 15 is 0 Å². The molecule has 1 aliphatic carbocycles. The van der Waals surface area contributed by atoms with Crippen LogP contribution in [0.3, 0.4) is 0 Å². The smallest absolute Gasteiger partial charge is 0.272 e. The van der Waals surface area contributed by atoms with Gasteiger partial charge in [0.2, 0.25) is 5.91 Å². The van der Waals surface area contributed by atoms with E-state index in [-0.39, 0.29) is 40.0 Å². The van der Waals surface area contributed by atoms with Crippen LogP contribution >= 0.6 is 23.4 Å². The normalized spacial score (nSPS) is 12.7. The van der Waals surface area contributed by atoms with Crippen LogP contribution in [0, 0.1) is 0 Å². The molecule has 5 aromatic rings. The summed E-state index contributed by atoms with van der Waals surface area (Å²) in [5.74, 6) is -1.94. The number of hydrogen-bond donors (Lipinski definition) is 3. The molecule has 49 heavy (non-hydrogen) atoms. The number of thioether (sulfide) groups is 1. The fourth-order valence-electron chi connectivity index (χ4n) is 5.25. The van der Waals surface area contributed by atoms with Gasteiger partial charge in [-0.1, -0.05) is 84.4 Å². The van der Waals surface area contributed by atoms with Crippen molar-refractivity contribution in [3.63, 3.8) is 0 Å². The first kappa shape index (κ1) is 33.1. The summed E-state index contributed by atoms with van der Waals surface area (Å²) < 4.78 is 0. The number of ketones is 2. The number of carbonyl (C=O) groups excluding carboxylic acids is 5. The van der Waals surface area contributed by atoms with Crippen LogP contribution in [-0.2, 0) is 9.59 Å². The fraction of sp³-hybridized carbons (Fsp3) is 0.0513. The number of amides is 3. The number of anilines is 2. The largest absolute Gasteiger partial charge is 0.324 e. The highest BCUT2D eigenvalue weighted by molar-refractivity contribution is 8.00. The van der Waals surface area contributed by atoms with E-state index in [1.54, 1.807) is 128 Å². The standard InChI is InChI=1S/C39H28ClN3O5S/c1-23(37(46)42-32-17-9-15-30-34(32)36(45)29-14-7-6-13-28(29)35(30)44)49-27-20-18-26(19-21-27)41-39(48)33(22-25-12-5-8-16-31(25)40)43-38(47)24-10-3-2-4-11-24/h2-23H,1H3,(H,41,48)(H,42,46)(H,43,47)/b33-22-. The Kier molecular flexibility index (Phi) is 9.84. The molecule has 0 heterocycles. The zero-order valence-electron chi connectivity index (χ0n) is 26.0. The topological polar surface area (TPSA) is 121 Å². The van der Waals surface area contributed by atoms with Gasteiger partial charge in [0.1, 0.15) is 5.70 Å². The Morgan fingerprint density at radius 1 is 0.694 bits per heavy atom. The Bertz CT molecular complexity index is 2150. The van der Waals surface area contributed by atoms with Crippen LogP contribution in [0.4, 0.5) is 11.4 Å². The lowest BCUT2D eigenvalue weighted by Crippen LogP contribution is -2.30. The second-order valence-electron chi connectivity index (χ2n) is 11.1. The van der Waals surface area contributed by atoms with Crippen molar-refractivity contribution in [2.24, 2.45) is 0 Å². The number of halogens is 1. The van der Waals surface area contributed by atoms with Crippen molar-refractivity contribution in [1.29, 1.82) is 0 Å².